The highest BCUT2D eigenvalue weighted by Crippen LogP contribution is 2.22. The first-order valence-electron chi connectivity index (χ1n) is 7.26. The predicted octanol–water partition coefficient (Wildman–Crippen LogP) is 4.66. The third-order valence-corrected chi connectivity index (χ3v) is 4.66. The van der Waals surface area contributed by atoms with Crippen molar-refractivity contribution in [1.82, 2.24) is 5.32 Å². The number of aryl methyl sites for hydroxylation is 2. The van der Waals surface area contributed by atoms with E-state index in [-0.39, 0.29) is 5.82 Å². The van der Waals surface area contributed by atoms with Crippen molar-refractivity contribution in [3.8, 4) is 0 Å². The summed E-state index contributed by atoms with van der Waals surface area (Å²) in [5.41, 5.74) is 3.66. The third kappa shape index (κ3) is 4.65. The molecule has 1 nitrogen and oxygen atoms in total. The largest absolute Gasteiger partial charge is 0.317 e. The molecule has 21 heavy (non-hydrogen) atoms. The van der Waals surface area contributed by atoms with Crippen LogP contribution in [-0.2, 0) is 12.8 Å². The van der Waals surface area contributed by atoms with Gasteiger partial charge in [0.25, 0.3) is 0 Å². The van der Waals surface area contributed by atoms with E-state index in [1.807, 2.05) is 13.1 Å². The fourth-order valence-electron chi connectivity index (χ4n) is 2.53. The van der Waals surface area contributed by atoms with Crippen molar-refractivity contribution >= 4 is 15.9 Å². The molecule has 3 heteroatoms. The van der Waals surface area contributed by atoms with E-state index in [1.165, 1.54) is 17.2 Å². The molecule has 0 fully saturated rings. The van der Waals surface area contributed by atoms with Crippen LogP contribution in [0.4, 0.5) is 4.39 Å². The van der Waals surface area contributed by atoms with E-state index in [0.29, 0.717) is 10.5 Å². The lowest BCUT2D eigenvalue weighted by Crippen LogP contribution is -2.28. The Bertz CT molecular complexity index is 598. The third-order valence-electron chi connectivity index (χ3n) is 3.77. The van der Waals surface area contributed by atoms with Gasteiger partial charge >= 0.3 is 0 Å². The first-order valence-corrected chi connectivity index (χ1v) is 8.05. The van der Waals surface area contributed by atoms with Gasteiger partial charge in [0.15, 0.2) is 0 Å². The molecule has 0 aromatic heterocycles. The number of hydrogen-bond acceptors (Lipinski definition) is 1. The molecule has 1 atom stereocenters. The molecule has 0 saturated heterocycles. The zero-order valence-electron chi connectivity index (χ0n) is 12.5. The van der Waals surface area contributed by atoms with Crippen LogP contribution in [0.25, 0.3) is 0 Å². The zero-order chi connectivity index (χ0) is 15.2. The predicted molar refractivity (Wildman–Crippen MR) is 90.2 cm³/mol. The van der Waals surface area contributed by atoms with Crippen LogP contribution >= 0.6 is 15.9 Å². The van der Waals surface area contributed by atoms with Gasteiger partial charge in [0, 0.05) is 6.04 Å². The minimum absolute atomic E-state index is 0.193. The molecular weight excluding hydrogens is 329 g/mol. The van der Waals surface area contributed by atoms with Gasteiger partial charge in [-0.1, -0.05) is 42.0 Å². The van der Waals surface area contributed by atoms with Crippen molar-refractivity contribution in [3.63, 3.8) is 0 Å². The number of nitrogens with one attached hydrogen (secondary N) is 1. The second-order valence-corrected chi connectivity index (χ2v) is 6.22. The highest BCUT2D eigenvalue weighted by atomic mass is 79.9. The molecule has 0 aliphatic rings. The molecule has 0 heterocycles. The molecule has 0 saturated carbocycles. The molecule has 2 rings (SSSR count). The highest BCUT2D eigenvalue weighted by Gasteiger charge is 2.12. The molecule has 0 aliphatic heterocycles. The van der Waals surface area contributed by atoms with Gasteiger partial charge in [-0.15, -0.1) is 0 Å². The number of benzene rings is 2. The van der Waals surface area contributed by atoms with Gasteiger partial charge in [-0.25, -0.2) is 4.39 Å². The smallest absolute Gasteiger partial charge is 0.137 e. The fraction of sp³-hybridized carbons (Fsp3) is 0.333. The molecule has 0 bridgehead atoms. The Hall–Kier alpha value is -1.19. The number of rotatable bonds is 6. The maximum atomic E-state index is 13.6. The molecule has 0 aliphatic carbocycles. The number of hydrogen-bond donors (Lipinski definition) is 1. The van der Waals surface area contributed by atoms with Crippen molar-refractivity contribution < 1.29 is 4.39 Å². The lowest BCUT2D eigenvalue weighted by molar-refractivity contribution is 0.517. The molecule has 2 aromatic carbocycles. The van der Waals surface area contributed by atoms with Gasteiger partial charge < -0.3 is 5.32 Å². The summed E-state index contributed by atoms with van der Waals surface area (Å²) in [5.74, 6) is -0.193. The van der Waals surface area contributed by atoms with Crippen molar-refractivity contribution in [3.05, 3.63) is 69.4 Å². The lowest BCUT2D eigenvalue weighted by Gasteiger charge is -2.17. The Labute approximate surface area is 134 Å². The van der Waals surface area contributed by atoms with Gasteiger partial charge in [0.05, 0.1) is 4.47 Å². The van der Waals surface area contributed by atoms with Gasteiger partial charge in [-0.3, -0.25) is 0 Å². The molecule has 1 unspecified atom stereocenters. The first-order chi connectivity index (χ1) is 10.1. The zero-order valence-corrected chi connectivity index (χ0v) is 14.1. The average molecular weight is 350 g/mol. The van der Waals surface area contributed by atoms with Crippen molar-refractivity contribution in [1.29, 1.82) is 0 Å². The van der Waals surface area contributed by atoms with E-state index in [9.17, 15) is 4.39 Å². The number of likely N-dealkylation sites (N-methyl/N-ethyl adjacent to an activating group) is 1. The van der Waals surface area contributed by atoms with Crippen LogP contribution in [0.2, 0.25) is 0 Å². The Morgan fingerprint density at radius 2 is 1.95 bits per heavy atom. The summed E-state index contributed by atoms with van der Waals surface area (Å²) in [5, 5.41) is 3.34. The van der Waals surface area contributed by atoms with E-state index in [1.54, 1.807) is 6.07 Å². The van der Waals surface area contributed by atoms with Gasteiger partial charge in [0.2, 0.25) is 0 Å². The van der Waals surface area contributed by atoms with Crippen molar-refractivity contribution in [2.45, 2.75) is 32.2 Å². The Morgan fingerprint density at radius 1 is 1.19 bits per heavy atom. The second kappa shape index (κ2) is 7.71. The summed E-state index contributed by atoms with van der Waals surface area (Å²) < 4.78 is 14.1. The Balaban J connectivity index is 1.99. The van der Waals surface area contributed by atoms with E-state index in [2.05, 4.69) is 52.4 Å². The van der Waals surface area contributed by atoms with Crippen LogP contribution in [0, 0.1) is 12.7 Å². The number of halogens is 2. The molecule has 0 radical (unpaired) electrons. The molecule has 1 N–H and O–H groups in total. The molecular formula is C18H21BrFN. The SMILES string of the molecule is CNC(CCc1cccc(C)c1)Cc1cccc(F)c1Br. The maximum Gasteiger partial charge on any atom is 0.137 e. The van der Waals surface area contributed by atoms with E-state index < -0.39 is 0 Å². The summed E-state index contributed by atoms with van der Waals surface area (Å²) in [4.78, 5) is 0. The Kier molecular flexibility index (Phi) is 5.95. The normalized spacial score (nSPS) is 12.4. The van der Waals surface area contributed by atoms with Gasteiger partial charge in [-0.05, 0) is 66.4 Å². The van der Waals surface area contributed by atoms with E-state index >= 15 is 0 Å². The van der Waals surface area contributed by atoms with Crippen LogP contribution in [0.3, 0.4) is 0 Å². The molecule has 112 valence electrons. The highest BCUT2D eigenvalue weighted by molar-refractivity contribution is 9.10. The van der Waals surface area contributed by atoms with Crippen molar-refractivity contribution in [2.75, 3.05) is 7.05 Å². The summed E-state index contributed by atoms with van der Waals surface area (Å²) in [7, 11) is 1.97. The summed E-state index contributed by atoms with van der Waals surface area (Å²) in [6.45, 7) is 2.11. The summed E-state index contributed by atoms with van der Waals surface area (Å²) >= 11 is 3.34. The summed E-state index contributed by atoms with van der Waals surface area (Å²) in [6.07, 6.45) is 2.88. The van der Waals surface area contributed by atoms with Crippen LogP contribution < -0.4 is 5.32 Å². The van der Waals surface area contributed by atoms with E-state index in [4.69, 9.17) is 0 Å². The maximum absolute atomic E-state index is 13.6. The van der Waals surface area contributed by atoms with Gasteiger partial charge in [0.1, 0.15) is 5.82 Å². The van der Waals surface area contributed by atoms with Crippen LogP contribution in [0.15, 0.2) is 46.9 Å². The van der Waals surface area contributed by atoms with Gasteiger partial charge in [-0.2, -0.15) is 0 Å². The average Bonchev–Trinajstić information content (AvgIpc) is 2.48. The minimum Gasteiger partial charge on any atom is -0.317 e. The van der Waals surface area contributed by atoms with Crippen molar-refractivity contribution in [2.24, 2.45) is 0 Å². The lowest BCUT2D eigenvalue weighted by atomic mass is 9.98. The Morgan fingerprint density at radius 3 is 2.67 bits per heavy atom. The molecule has 0 spiro atoms. The van der Waals surface area contributed by atoms with E-state index in [0.717, 1.165) is 24.8 Å². The quantitative estimate of drug-likeness (QED) is 0.799. The fourth-order valence-corrected chi connectivity index (χ4v) is 2.95. The van der Waals surface area contributed by atoms with Crippen LogP contribution in [0.5, 0.6) is 0 Å². The molecule has 0 amide bonds. The van der Waals surface area contributed by atoms with Crippen LogP contribution in [-0.4, -0.2) is 13.1 Å². The summed E-state index contributed by atoms with van der Waals surface area (Å²) in [6, 6.07) is 14.2. The van der Waals surface area contributed by atoms with Crippen LogP contribution in [0.1, 0.15) is 23.1 Å². The first kappa shape index (κ1) is 16.2. The minimum atomic E-state index is -0.193. The standard InChI is InChI=1S/C18H21BrFN/c1-13-5-3-6-14(11-13)9-10-16(21-2)12-15-7-4-8-17(20)18(15)19/h3-8,11,16,21H,9-10,12H2,1-2H3. The monoisotopic (exact) mass is 349 g/mol. The second-order valence-electron chi connectivity index (χ2n) is 5.43. The topological polar surface area (TPSA) is 12.0 Å². The molecule has 2 aromatic rings.